The zero-order valence-corrected chi connectivity index (χ0v) is 11.6. The number of nitrogens with zero attached hydrogens (tertiary/aromatic N) is 2. The first kappa shape index (κ1) is 13.6. The van der Waals surface area contributed by atoms with Gasteiger partial charge in [0.05, 0.1) is 19.0 Å². The number of aromatic nitrogens is 1. The van der Waals surface area contributed by atoms with Crippen LogP contribution in [0.25, 0.3) is 0 Å². The molecule has 0 aromatic carbocycles. The number of nitrogens with two attached hydrogens (primary N) is 1. The molecule has 1 heterocycles. The van der Waals surface area contributed by atoms with E-state index in [1.54, 1.807) is 12.3 Å². The molecule has 0 radical (unpaired) electrons. The molecule has 1 aromatic heterocycles. The highest BCUT2D eigenvalue weighted by Crippen LogP contribution is 2.29. The molecule has 2 N–H and O–H groups in total. The molecule has 0 atom stereocenters. The lowest BCUT2D eigenvalue weighted by molar-refractivity contribution is 0.0601. The number of nitrogen functional groups attached to an aromatic ring is 1. The van der Waals surface area contributed by atoms with Crippen LogP contribution < -0.4 is 10.6 Å². The number of rotatable bonds is 4. The van der Waals surface area contributed by atoms with Gasteiger partial charge in [-0.05, 0) is 25.8 Å². The summed E-state index contributed by atoms with van der Waals surface area (Å²) in [4.78, 5) is 18.4. The molecule has 5 nitrogen and oxygen atoms in total. The van der Waals surface area contributed by atoms with E-state index in [2.05, 4.69) is 16.8 Å². The van der Waals surface area contributed by atoms with Crippen molar-refractivity contribution in [1.29, 1.82) is 0 Å². The molecular formula is C14H21N3O2. The Morgan fingerprint density at radius 1 is 1.53 bits per heavy atom. The van der Waals surface area contributed by atoms with Crippen LogP contribution in [-0.2, 0) is 4.74 Å². The van der Waals surface area contributed by atoms with Gasteiger partial charge < -0.3 is 15.4 Å². The molecule has 0 spiro atoms. The molecule has 1 aliphatic carbocycles. The average Bonchev–Trinajstić information content (AvgIpc) is 2.94. The minimum atomic E-state index is -0.383. The molecule has 0 saturated heterocycles. The lowest BCUT2D eigenvalue weighted by Crippen LogP contribution is -2.35. The minimum Gasteiger partial charge on any atom is -0.465 e. The van der Waals surface area contributed by atoms with Gasteiger partial charge in [-0.2, -0.15) is 0 Å². The van der Waals surface area contributed by atoms with Crippen LogP contribution in [0.3, 0.4) is 0 Å². The number of pyridine rings is 1. The molecule has 1 fully saturated rings. The minimum absolute atomic E-state index is 0.383. The number of hydrogen-bond donors (Lipinski definition) is 1. The number of hydrogen-bond acceptors (Lipinski definition) is 5. The highest BCUT2D eigenvalue weighted by Gasteiger charge is 2.26. The highest BCUT2D eigenvalue weighted by molar-refractivity contribution is 5.95. The quantitative estimate of drug-likeness (QED) is 0.844. The second-order valence-corrected chi connectivity index (χ2v) is 4.86. The first-order chi connectivity index (χ1) is 9.17. The van der Waals surface area contributed by atoms with E-state index in [0.717, 1.165) is 19.4 Å². The third-order valence-electron chi connectivity index (χ3n) is 3.67. The van der Waals surface area contributed by atoms with Gasteiger partial charge in [-0.1, -0.05) is 12.8 Å². The molecule has 5 heteroatoms. The number of anilines is 2. The Morgan fingerprint density at radius 3 is 2.79 bits per heavy atom. The van der Waals surface area contributed by atoms with Gasteiger partial charge in [0.1, 0.15) is 11.4 Å². The van der Waals surface area contributed by atoms with Crippen LogP contribution in [0.5, 0.6) is 0 Å². The predicted octanol–water partition coefficient (Wildman–Crippen LogP) is 2.22. The molecule has 2 rings (SSSR count). The smallest absolute Gasteiger partial charge is 0.341 e. The van der Waals surface area contributed by atoms with E-state index in [1.807, 2.05) is 0 Å². The summed E-state index contributed by atoms with van der Waals surface area (Å²) in [6.07, 6.45) is 6.38. The lowest BCUT2D eigenvalue weighted by atomic mass is 10.1. The van der Waals surface area contributed by atoms with Crippen molar-refractivity contribution in [2.45, 2.75) is 38.6 Å². The van der Waals surface area contributed by atoms with Crippen LogP contribution in [0.15, 0.2) is 12.3 Å². The largest absolute Gasteiger partial charge is 0.465 e. The van der Waals surface area contributed by atoms with Gasteiger partial charge in [-0.25, -0.2) is 9.78 Å². The zero-order chi connectivity index (χ0) is 13.8. The maximum absolute atomic E-state index is 11.9. The Balaban J connectivity index is 2.38. The summed E-state index contributed by atoms with van der Waals surface area (Å²) >= 11 is 0. The number of carbonyl (C=O) groups excluding carboxylic acids is 1. The first-order valence-corrected chi connectivity index (χ1v) is 6.77. The molecule has 0 bridgehead atoms. The van der Waals surface area contributed by atoms with Crippen LogP contribution in [0.2, 0.25) is 0 Å². The van der Waals surface area contributed by atoms with Crippen LogP contribution in [-0.4, -0.2) is 30.6 Å². The van der Waals surface area contributed by atoms with E-state index in [9.17, 15) is 4.79 Å². The van der Waals surface area contributed by atoms with Crippen molar-refractivity contribution >= 4 is 17.5 Å². The van der Waals surface area contributed by atoms with Gasteiger partial charge in [0.2, 0.25) is 0 Å². The normalized spacial score (nSPS) is 15.5. The van der Waals surface area contributed by atoms with E-state index >= 15 is 0 Å². The second-order valence-electron chi connectivity index (χ2n) is 4.86. The summed E-state index contributed by atoms with van der Waals surface area (Å²) in [5.41, 5.74) is 6.66. The van der Waals surface area contributed by atoms with E-state index in [4.69, 9.17) is 10.5 Å². The van der Waals surface area contributed by atoms with E-state index in [0.29, 0.717) is 23.1 Å². The molecule has 1 saturated carbocycles. The van der Waals surface area contributed by atoms with Gasteiger partial charge in [0.15, 0.2) is 0 Å². The van der Waals surface area contributed by atoms with Crippen molar-refractivity contribution in [3.8, 4) is 0 Å². The Labute approximate surface area is 113 Å². The van der Waals surface area contributed by atoms with Crippen molar-refractivity contribution in [1.82, 2.24) is 4.98 Å². The summed E-state index contributed by atoms with van der Waals surface area (Å²) in [5, 5.41) is 0. The van der Waals surface area contributed by atoms with Gasteiger partial charge in [0, 0.05) is 12.6 Å². The lowest BCUT2D eigenvalue weighted by Gasteiger charge is -2.30. The van der Waals surface area contributed by atoms with E-state index in [-0.39, 0.29) is 5.97 Å². The zero-order valence-electron chi connectivity index (χ0n) is 11.6. The van der Waals surface area contributed by atoms with Crippen LogP contribution in [0.1, 0.15) is 43.0 Å². The van der Waals surface area contributed by atoms with Crippen molar-refractivity contribution in [3.05, 3.63) is 17.8 Å². The molecule has 1 aromatic rings. The Kier molecular flexibility index (Phi) is 4.24. The summed E-state index contributed by atoms with van der Waals surface area (Å²) < 4.78 is 4.83. The third-order valence-corrected chi connectivity index (χ3v) is 3.67. The van der Waals surface area contributed by atoms with Crippen LogP contribution in [0, 0.1) is 0 Å². The molecule has 0 aliphatic heterocycles. The average molecular weight is 263 g/mol. The van der Waals surface area contributed by atoms with Gasteiger partial charge in [-0.15, -0.1) is 0 Å². The maximum atomic E-state index is 11.9. The summed E-state index contributed by atoms with van der Waals surface area (Å²) in [7, 11) is 1.38. The highest BCUT2D eigenvalue weighted by atomic mass is 16.5. The van der Waals surface area contributed by atoms with E-state index in [1.165, 1.54) is 20.0 Å². The SMILES string of the molecule is CCN(c1ncc(N)cc1C(=O)OC)C1CCCC1. The number of carbonyl (C=O) groups is 1. The summed E-state index contributed by atoms with van der Waals surface area (Å²) in [6.45, 7) is 2.91. The third kappa shape index (κ3) is 2.80. The monoisotopic (exact) mass is 263 g/mol. The van der Waals surface area contributed by atoms with Crippen molar-refractivity contribution in [2.75, 3.05) is 24.3 Å². The fraction of sp³-hybridized carbons (Fsp3) is 0.571. The Hall–Kier alpha value is -1.78. The van der Waals surface area contributed by atoms with Gasteiger partial charge in [-0.3, -0.25) is 0 Å². The van der Waals surface area contributed by atoms with E-state index < -0.39 is 0 Å². The second kappa shape index (κ2) is 5.91. The Morgan fingerprint density at radius 2 is 2.21 bits per heavy atom. The maximum Gasteiger partial charge on any atom is 0.341 e. The molecule has 0 amide bonds. The van der Waals surface area contributed by atoms with Crippen molar-refractivity contribution in [3.63, 3.8) is 0 Å². The number of esters is 1. The van der Waals surface area contributed by atoms with Crippen LogP contribution >= 0.6 is 0 Å². The number of ether oxygens (including phenoxy) is 1. The standard InChI is InChI=1S/C14H21N3O2/c1-3-17(11-6-4-5-7-11)13-12(14(18)19-2)8-10(15)9-16-13/h8-9,11H,3-7,15H2,1-2H3. The Bertz CT molecular complexity index is 456. The van der Waals surface area contributed by atoms with Crippen molar-refractivity contribution < 1.29 is 9.53 Å². The van der Waals surface area contributed by atoms with Crippen molar-refractivity contribution in [2.24, 2.45) is 0 Å². The molecule has 1 aliphatic rings. The molecule has 19 heavy (non-hydrogen) atoms. The topological polar surface area (TPSA) is 68.5 Å². The van der Waals surface area contributed by atoms with Gasteiger partial charge in [0.25, 0.3) is 0 Å². The fourth-order valence-electron chi connectivity index (χ4n) is 2.76. The number of methoxy groups -OCH3 is 1. The molecular weight excluding hydrogens is 242 g/mol. The molecule has 0 unspecified atom stereocenters. The van der Waals surface area contributed by atoms with Gasteiger partial charge >= 0.3 is 5.97 Å². The predicted molar refractivity (Wildman–Crippen MR) is 75.3 cm³/mol. The summed E-state index contributed by atoms with van der Waals surface area (Å²) in [5.74, 6) is 0.307. The first-order valence-electron chi connectivity index (χ1n) is 6.77. The molecule has 104 valence electrons. The van der Waals surface area contributed by atoms with Crippen LogP contribution in [0.4, 0.5) is 11.5 Å². The summed E-state index contributed by atoms with van der Waals surface area (Å²) in [6, 6.07) is 2.11. The fourth-order valence-corrected chi connectivity index (χ4v) is 2.76.